The SMILES string of the molecule is CSc1cc(C2(O)C(C)CCCC2C)nc(NS(=O)(=O)c2cnn(C)c2)n1. The van der Waals surface area contributed by atoms with Crippen molar-refractivity contribution in [3.63, 3.8) is 0 Å². The fourth-order valence-electron chi connectivity index (χ4n) is 3.66. The lowest BCUT2D eigenvalue weighted by Crippen LogP contribution is -2.43. The molecular formula is C17H25N5O3S2. The quantitative estimate of drug-likeness (QED) is 0.574. The average Bonchev–Trinajstić information content (AvgIpc) is 3.06. The highest BCUT2D eigenvalue weighted by molar-refractivity contribution is 7.98. The van der Waals surface area contributed by atoms with E-state index in [0.717, 1.165) is 19.3 Å². The van der Waals surface area contributed by atoms with Gasteiger partial charge in [0.1, 0.15) is 15.5 Å². The molecule has 148 valence electrons. The molecule has 2 unspecified atom stereocenters. The summed E-state index contributed by atoms with van der Waals surface area (Å²) in [6.07, 6.45) is 7.38. The van der Waals surface area contributed by atoms with E-state index in [1.807, 2.05) is 20.1 Å². The molecule has 0 aliphatic heterocycles. The van der Waals surface area contributed by atoms with Gasteiger partial charge in [0.05, 0.1) is 11.9 Å². The van der Waals surface area contributed by atoms with Crippen LogP contribution in [0.5, 0.6) is 0 Å². The lowest BCUT2D eigenvalue weighted by atomic mass is 9.68. The monoisotopic (exact) mass is 411 g/mol. The normalized spacial score (nSPS) is 26.1. The summed E-state index contributed by atoms with van der Waals surface area (Å²) in [4.78, 5) is 8.70. The highest BCUT2D eigenvalue weighted by Crippen LogP contribution is 2.45. The Morgan fingerprint density at radius 3 is 2.52 bits per heavy atom. The van der Waals surface area contributed by atoms with Gasteiger partial charge in [-0.25, -0.2) is 23.1 Å². The van der Waals surface area contributed by atoms with Crippen LogP contribution in [-0.4, -0.2) is 39.5 Å². The van der Waals surface area contributed by atoms with Crippen molar-refractivity contribution >= 4 is 27.7 Å². The predicted molar refractivity (Wildman–Crippen MR) is 104 cm³/mol. The van der Waals surface area contributed by atoms with Crippen LogP contribution in [0.15, 0.2) is 28.4 Å². The van der Waals surface area contributed by atoms with Gasteiger partial charge in [-0.1, -0.05) is 20.3 Å². The zero-order valence-electron chi connectivity index (χ0n) is 15.9. The van der Waals surface area contributed by atoms with Gasteiger partial charge in [0.2, 0.25) is 5.95 Å². The number of thioether (sulfide) groups is 1. The molecule has 8 nitrogen and oxygen atoms in total. The number of aliphatic hydroxyl groups is 1. The Morgan fingerprint density at radius 1 is 1.30 bits per heavy atom. The van der Waals surface area contributed by atoms with Gasteiger partial charge in [0.15, 0.2) is 0 Å². The fourth-order valence-corrected chi connectivity index (χ4v) is 4.99. The summed E-state index contributed by atoms with van der Waals surface area (Å²) >= 11 is 1.37. The molecule has 0 aromatic carbocycles. The summed E-state index contributed by atoms with van der Waals surface area (Å²) in [5, 5.41) is 15.9. The summed E-state index contributed by atoms with van der Waals surface area (Å²) < 4.78 is 29.0. The van der Waals surface area contributed by atoms with Gasteiger partial charge in [0, 0.05) is 13.2 Å². The third kappa shape index (κ3) is 3.83. The van der Waals surface area contributed by atoms with E-state index in [2.05, 4.69) is 19.8 Å². The van der Waals surface area contributed by atoms with Crippen LogP contribution in [0.25, 0.3) is 0 Å². The number of nitrogens with one attached hydrogen (secondary N) is 1. The molecule has 3 rings (SSSR count). The number of aromatic nitrogens is 4. The van der Waals surface area contributed by atoms with Crippen LogP contribution in [0.3, 0.4) is 0 Å². The highest BCUT2D eigenvalue weighted by Gasteiger charge is 2.45. The van der Waals surface area contributed by atoms with Gasteiger partial charge in [-0.2, -0.15) is 5.10 Å². The van der Waals surface area contributed by atoms with Crippen molar-refractivity contribution < 1.29 is 13.5 Å². The second-order valence-electron chi connectivity index (χ2n) is 7.13. The molecule has 0 spiro atoms. The molecule has 10 heteroatoms. The van der Waals surface area contributed by atoms with Crippen molar-refractivity contribution in [2.45, 2.75) is 48.6 Å². The Labute approximate surface area is 163 Å². The van der Waals surface area contributed by atoms with E-state index in [0.29, 0.717) is 10.7 Å². The number of anilines is 1. The van der Waals surface area contributed by atoms with Gasteiger partial charge < -0.3 is 5.11 Å². The molecule has 0 bridgehead atoms. The molecule has 2 atom stereocenters. The van der Waals surface area contributed by atoms with E-state index in [1.165, 1.54) is 28.8 Å². The molecule has 0 saturated heterocycles. The van der Waals surface area contributed by atoms with Crippen LogP contribution >= 0.6 is 11.8 Å². The Bertz CT molecular complexity index is 918. The Morgan fingerprint density at radius 2 is 1.96 bits per heavy atom. The van der Waals surface area contributed by atoms with Crippen molar-refractivity contribution in [1.82, 2.24) is 19.7 Å². The minimum absolute atomic E-state index is 0.0219. The summed E-state index contributed by atoms with van der Waals surface area (Å²) in [7, 11) is -2.22. The van der Waals surface area contributed by atoms with Crippen molar-refractivity contribution in [1.29, 1.82) is 0 Å². The first kappa shape index (κ1) is 20.1. The number of hydrogen-bond acceptors (Lipinski definition) is 7. The van der Waals surface area contributed by atoms with Gasteiger partial charge in [-0.3, -0.25) is 4.68 Å². The van der Waals surface area contributed by atoms with E-state index in [4.69, 9.17) is 0 Å². The summed E-state index contributed by atoms with van der Waals surface area (Å²) in [5.74, 6) is 0.00127. The van der Waals surface area contributed by atoms with Crippen LogP contribution in [0.1, 0.15) is 38.8 Å². The second-order valence-corrected chi connectivity index (χ2v) is 9.64. The zero-order valence-corrected chi connectivity index (χ0v) is 17.5. The lowest BCUT2D eigenvalue weighted by molar-refractivity contribution is -0.0927. The van der Waals surface area contributed by atoms with Crippen molar-refractivity contribution in [2.75, 3.05) is 11.0 Å². The number of aryl methyl sites for hydroxylation is 1. The summed E-state index contributed by atoms with van der Waals surface area (Å²) in [6.45, 7) is 4.02. The average molecular weight is 412 g/mol. The van der Waals surface area contributed by atoms with Crippen molar-refractivity contribution in [3.05, 3.63) is 24.2 Å². The lowest BCUT2D eigenvalue weighted by Gasteiger charge is -2.43. The number of rotatable bonds is 5. The first-order valence-electron chi connectivity index (χ1n) is 8.84. The van der Waals surface area contributed by atoms with Gasteiger partial charge in [-0.15, -0.1) is 11.8 Å². The summed E-state index contributed by atoms with van der Waals surface area (Å²) in [6, 6.07) is 1.75. The molecule has 0 radical (unpaired) electrons. The van der Waals surface area contributed by atoms with Crippen LogP contribution < -0.4 is 4.72 Å². The van der Waals surface area contributed by atoms with Crippen LogP contribution in [0.2, 0.25) is 0 Å². The zero-order chi connectivity index (χ0) is 19.8. The van der Waals surface area contributed by atoms with Crippen LogP contribution in [0, 0.1) is 11.8 Å². The molecule has 1 saturated carbocycles. The van der Waals surface area contributed by atoms with E-state index in [9.17, 15) is 13.5 Å². The fraction of sp³-hybridized carbons (Fsp3) is 0.588. The summed E-state index contributed by atoms with van der Waals surface area (Å²) in [5.41, 5.74) is -0.648. The van der Waals surface area contributed by atoms with Crippen molar-refractivity contribution in [3.8, 4) is 0 Å². The van der Waals surface area contributed by atoms with Crippen LogP contribution in [-0.2, 0) is 22.7 Å². The maximum Gasteiger partial charge on any atom is 0.267 e. The Hall–Kier alpha value is -1.65. The Kier molecular flexibility index (Phi) is 5.51. The van der Waals surface area contributed by atoms with Gasteiger partial charge >= 0.3 is 0 Å². The molecule has 2 aromatic heterocycles. The predicted octanol–water partition coefficient (Wildman–Crippen LogP) is 2.38. The molecule has 27 heavy (non-hydrogen) atoms. The molecular weight excluding hydrogens is 386 g/mol. The third-order valence-corrected chi connectivity index (χ3v) is 7.23. The number of hydrogen-bond donors (Lipinski definition) is 2. The van der Waals surface area contributed by atoms with E-state index in [-0.39, 0.29) is 22.7 Å². The molecule has 2 N–H and O–H groups in total. The standard InChI is InChI=1S/C17H25N5O3S2/c1-11-6-5-7-12(2)17(11,23)14-8-15(26-4)20-16(19-14)21-27(24,25)13-9-18-22(3)10-13/h8-12,23H,5-7H2,1-4H3,(H,19,20,21). The number of nitrogens with zero attached hydrogens (tertiary/aromatic N) is 4. The first-order chi connectivity index (χ1) is 12.7. The molecule has 2 aromatic rings. The van der Waals surface area contributed by atoms with E-state index < -0.39 is 15.6 Å². The molecule has 1 fully saturated rings. The third-order valence-electron chi connectivity index (χ3n) is 5.32. The highest BCUT2D eigenvalue weighted by atomic mass is 32.2. The molecule has 1 aliphatic carbocycles. The molecule has 1 aliphatic rings. The first-order valence-corrected chi connectivity index (χ1v) is 11.5. The van der Waals surface area contributed by atoms with Crippen molar-refractivity contribution in [2.24, 2.45) is 18.9 Å². The smallest absolute Gasteiger partial charge is 0.267 e. The van der Waals surface area contributed by atoms with Crippen LogP contribution in [0.4, 0.5) is 5.95 Å². The topological polar surface area (TPSA) is 110 Å². The minimum Gasteiger partial charge on any atom is -0.383 e. The minimum atomic E-state index is -3.86. The Balaban J connectivity index is 2.01. The number of sulfonamides is 1. The molecule has 2 heterocycles. The second kappa shape index (κ2) is 7.40. The van der Waals surface area contributed by atoms with E-state index >= 15 is 0 Å². The van der Waals surface area contributed by atoms with E-state index in [1.54, 1.807) is 13.1 Å². The maximum atomic E-state index is 12.6. The van der Waals surface area contributed by atoms with Gasteiger partial charge in [-0.05, 0) is 37.0 Å². The molecule has 0 amide bonds. The maximum absolute atomic E-state index is 12.6. The van der Waals surface area contributed by atoms with Gasteiger partial charge in [0.25, 0.3) is 10.0 Å². The largest absolute Gasteiger partial charge is 0.383 e.